The molecule has 0 heterocycles. The van der Waals surface area contributed by atoms with E-state index in [-0.39, 0.29) is 10.5 Å². The van der Waals surface area contributed by atoms with E-state index in [0.29, 0.717) is 10.7 Å². The molecule has 4 nitrogen and oxygen atoms in total. The first kappa shape index (κ1) is 14.6. The Morgan fingerprint density at radius 3 is 2.45 bits per heavy atom. The lowest BCUT2D eigenvalue weighted by atomic mass is 10.2. The van der Waals surface area contributed by atoms with E-state index in [2.05, 4.69) is 5.32 Å². The van der Waals surface area contributed by atoms with Crippen molar-refractivity contribution in [2.75, 3.05) is 11.6 Å². The molecule has 2 rings (SSSR count). The summed E-state index contributed by atoms with van der Waals surface area (Å²) in [4.78, 5) is 12.2. The standard InChI is InChI=1S/C14H12ClNO3S/c1-20(18,19)13-7-2-4-10(8-13)14(17)16-12-6-3-5-11(15)9-12/h2-9H,1H3,(H,16,17). The van der Waals surface area contributed by atoms with Gasteiger partial charge in [-0.25, -0.2) is 8.42 Å². The van der Waals surface area contributed by atoms with Gasteiger partial charge in [0, 0.05) is 22.5 Å². The summed E-state index contributed by atoms with van der Waals surface area (Å²) in [6.45, 7) is 0. The molecule has 0 saturated heterocycles. The summed E-state index contributed by atoms with van der Waals surface area (Å²) in [6, 6.07) is 12.6. The average Bonchev–Trinajstić information content (AvgIpc) is 2.38. The van der Waals surface area contributed by atoms with Gasteiger partial charge in [0.2, 0.25) is 0 Å². The van der Waals surface area contributed by atoms with Crippen LogP contribution in [-0.4, -0.2) is 20.6 Å². The molecule has 0 aliphatic rings. The summed E-state index contributed by atoms with van der Waals surface area (Å²) in [5.41, 5.74) is 0.820. The number of rotatable bonds is 3. The van der Waals surface area contributed by atoms with Gasteiger partial charge in [0.05, 0.1) is 4.90 Å². The van der Waals surface area contributed by atoms with E-state index >= 15 is 0 Å². The van der Waals surface area contributed by atoms with Crippen LogP contribution in [0.5, 0.6) is 0 Å². The highest BCUT2D eigenvalue weighted by molar-refractivity contribution is 7.90. The molecule has 0 spiro atoms. The molecule has 2 aromatic rings. The van der Waals surface area contributed by atoms with E-state index in [1.165, 1.54) is 18.2 Å². The molecule has 0 aliphatic carbocycles. The van der Waals surface area contributed by atoms with Crippen molar-refractivity contribution in [1.29, 1.82) is 0 Å². The van der Waals surface area contributed by atoms with Gasteiger partial charge >= 0.3 is 0 Å². The third kappa shape index (κ3) is 3.59. The van der Waals surface area contributed by atoms with Gasteiger partial charge in [0.25, 0.3) is 5.91 Å². The largest absolute Gasteiger partial charge is 0.322 e. The summed E-state index contributed by atoms with van der Waals surface area (Å²) >= 11 is 5.83. The molecular formula is C14H12ClNO3S. The summed E-state index contributed by atoms with van der Waals surface area (Å²) in [6.07, 6.45) is 1.10. The third-order valence-corrected chi connectivity index (χ3v) is 3.95. The predicted octanol–water partition coefficient (Wildman–Crippen LogP) is 3.00. The highest BCUT2D eigenvalue weighted by Gasteiger charge is 2.11. The minimum Gasteiger partial charge on any atom is -0.322 e. The molecule has 0 radical (unpaired) electrons. The third-order valence-electron chi connectivity index (χ3n) is 2.61. The monoisotopic (exact) mass is 309 g/mol. The van der Waals surface area contributed by atoms with Crippen molar-refractivity contribution in [3.05, 3.63) is 59.1 Å². The molecule has 0 bridgehead atoms. The Morgan fingerprint density at radius 2 is 1.80 bits per heavy atom. The first-order valence-electron chi connectivity index (χ1n) is 5.73. The van der Waals surface area contributed by atoms with Crippen molar-refractivity contribution in [3.63, 3.8) is 0 Å². The first-order chi connectivity index (χ1) is 9.36. The van der Waals surface area contributed by atoms with Crippen LogP contribution in [0.15, 0.2) is 53.4 Å². The molecule has 1 N–H and O–H groups in total. The topological polar surface area (TPSA) is 63.2 Å². The molecule has 0 unspecified atom stereocenters. The van der Waals surface area contributed by atoms with E-state index in [0.717, 1.165) is 6.26 Å². The molecular weight excluding hydrogens is 298 g/mol. The van der Waals surface area contributed by atoms with Crippen LogP contribution in [0.2, 0.25) is 5.02 Å². The highest BCUT2D eigenvalue weighted by atomic mass is 35.5. The molecule has 0 aromatic heterocycles. The Balaban J connectivity index is 2.26. The Hall–Kier alpha value is -1.85. The van der Waals surface area contributed by atoms with Crippen molar-refractivity contribution in [2.45, 2.75) is 4.90 Å². The summed E-state index contributed by atoms with van der Waals surface area (Å²) in [5.74, 6) is -0.391. The van der Waals surface area contributed by atoms with Gasteiger partial charge in [0.15, 0.2) is 9.84 Å². The zero-order chi connectivity index (χ0) is 14.8. The number of amides is 1. The second-order valence-corrected chi connectivity index (χ2v) is 6.72. The fourth-order valence-corrected chi connectivity index (χ4v) is 2.49. The predicted molar refractivity (Wildman–Crippen MR) is 79.0 cm³/mol. The van der Waals surface area contributed by atoms with E-state index < -0.39 is 15.7 Å². The van der Waals surface area contributed by atoms with Crippen LogP contribution in [0.25, 0.3) is 0 Å². The summed E-state index contributed by atoms with van der Waals surface area (Å²) in [5, 5.41) is 3.17. The maximum atomic E-state index is 12.1. The van der Waals surface area contributed by atoms with Crippen molar-refractivity contribution in [1.82, 2.24) is 0 Å². The smallest absolute Gasteiger partial charge is 0.255 e. The Labute approximate surface area is 122 Å². The molecule has 0 aliphatic heterocycles. The molecule has 104 valence electrons. The Kier molecular flexibility index (Phi) is 4.11. The van der Waals surface area contributed by atoms with Crippen molar-refractivity contribution < 1.29 is 13.2 Å². The van der Waals surface area contributed by atoms with Gasteiger partial charge in [-0.05, 0) is 36.4 Å². The molecule has 6 heteroatoms. The van der Waals surface area contributed by atoms with Gasteiger partial charge in [0.1, 0.15) is 0 Å². The minimum atomic E-state index is -3.34. The number of halogens is 1. The number of anilines is 1. The van der Waals surface area contributed by atoms with Crippen LogP contribution < -0.4 is 5.32 Å². The van der Waals surface area contributed by atoms with Crippen LogP contribution in [0, 0.1) is 0 Å². The number of nitrogens with one attached hydrogen (secondary N) is 1. The van der Waals surface area contributed by atoms with E-state index in [1.54, 1.807) is 30.3 Å². The number of hydrogen-bond donors (Lipinski definition) is 1. The van der Waals surface area contributed by atoms with Crippen LogP contribution in [-0.2, 0) is 9.84 Å². The second kappa shape index (κ2) is 5.64. The lowest BCUT2D eigenvalue weighted by Gasteiger charge is -2.06. The van der Waals surface area contributed by atoms with Crippen LogP contribution >= 0.6 is 11.6 Å². The molecule has 0 fully saturated rings. The van der Waals surface area contributed by atoms with Crippen molar-refractivity contribution in [3.8, 4) is 0 Å². The Morgan fingerprint density at radius 1 is 1.10 bits per heavy atom. The summed E-state index contributed by atoms with van der Waals surface area (Å²) < 4.78 is 22.9. The van der Waals surface area contributed by atoms with Crippen molar-refractivity contribution >= 4 is 33.0 Å². The molecule has 20 heavy (non-hydrogen) atoms. The average molecular weight is 310 g/mol. The SMILES string of the molecule is CS(=O)(=O)c1cccc(C(=O)Nc2cccc(Cl)c2)c1. The fraction of sp³-hybridized carbons (Fsp3) is 0.0714. The van der Waals surface area contributed by atoms with Gasteiger partial charge in [-0.2, -0.15) is 0 Å². The zero-order valence-electron chi connectivity index (χ0n) is 10.6. The maximum absolute atomic E-state index is 12.1. The molecule has 0 atom stereocenters. The normalized spacial score (nSPS) is 11.1. The fourth-order valence-electron chi connectivity index (χ4n) is 1.64. The van der Waals surface area contributed by atoms with Gasteiger partial charge in [-0.1, -0.05) is 23.7 Å². The number of benzene rings is 2. The number of sulfone groups is 1. The van der Waals surface area contributed by atoms with Crippen LogP contribution in [0.1, 0.15) is 10.4 Å². The second-order valence-electron chi connectivity index (χ2n) is 4.26. The lowest BCUT2D eigenvalue weighted by Crippen LogP contribution is -2.12. The minimum absolute atomic E-state index is 0.108. The lowest BCUT2D eigenvalue weighted by molar-refractivity contribution is 0.102. The quantitative estimate of drug-likeness (QED) is 0.948. The molecule has 2 aromatic carbocycles. The molecule has 1 amide bonds. The van der Waals surface area contributed by atoms with Gasteiger partial charge in [-0.15, -0.1) is 0 Å². The van der Waals surface area contributed by atoms with Crippen LogP contribution in [0.4, 0.5) is 5.69 Å². The highest BCUT2D eigenvalue weighted by Crippen LogP contribution is 2.17. The van der Waals surface area contributed by atoms with Gasteiger partial charge in [-0.3, -0.25) is 4.79 Å². The number of carbonyl (C=O) groups is 1. The van der Waals surface area contributed by atoms with E-state index in [9.17, 15) is 13.2 Å². The Bertz CT molecular complexity index is 757. The number of hydrogen-bond acceptors (Lipinski definition) is 3. The zero-order valence-corrected chi connectivity index (χ0v) is 12.2. The maximum Gasteiger partial charge on any atom is 0.255 e. The van der Waals surface area contributed by atoms with E-state index in [4.69, 9.17) is 11.6 Å². The van der Waals surface area contributed by atoms with E-state index in [1.807, 2.05) is 0 Å². The summed E-state index contributed by atoms with van der Waals surface area (Å²) in [7, 11) is -3.34. The van der Waals surface area contributed by atoms with Gasteiger partial charge < -0.3 is 5.32 Å². The number of carbonyl (C=O) groups excluding carboxylic acids is 1. The first-order valence-corrected chi connectivity index (χ1v) is 8.00. The molecule has 0 saturated carbocycles. The van der Waals surface area contributed by atoms with Crippen molar-refractivity contribution in [2.24, 2.45) is 0 Å². The van der Waals surface area contributed by atoms with Crippen LogP contribution in [0.3, 0.4) is 0 Å².